The summed E-state index contributed by atoms with van der Waals surface area (Å²) in [5.74, 6) is -0.0863. The van der Waals surface area contributed by atoms with E-state index in [0.29, 0.717) is 12.1 Å². The molecule has 1 aromatic rings. The molecular formula is C14H19N3O2. The molecule has 1 heterocycles. The third-order valence-electron chi connectivity index (χ3n) is 3.32. The van der Waals surface area contributed by atoms with Gasteiger partial charge in [-0.1, -0.05) is 0 Å². The van der Waals surface area contributed by atoms with E-state index in [2.05, 4.69) is 0 Å². The lowest BCUT2D eigenvalue weighted by atomic mass is 10.1. The molecular weight excluding hydrogens is 242 g/mol. The highest BCUT2D eigenvalue weighted by molar-refractivity contribution is 6.00. The monoisotopic (exact) mass is 261 g/mol. The lowest BCUT2D eigenvalue weighted by molar-refractivity contribution is -0.129. The molecule has 19 heavy (non-hydrogen) atoms. The number of nitrogens with zero attached hydrogens (tertiary/aromatic N) is 2. The number of rotatable bonds is 2. The van der Waals surface area contributed by atoms with E-state index in [4.69, 9.17) is 5.73 Å². The molecule has 1 aliphatic rings. The van der Waals surface area contributed by atoms with Crippen molar-refractivity contribution in [3.05, 3.63) is 23.8 Å². The van der Waals surface area contributed by atoms with E-state index in [9.17, 15) is 9.59 Å². The van der Waals surface area contributed by atoms with Gasteiger partial charge in [-0.2, -0.15) is 0 Å². The van der Waals surface area contributed by atoms with E-state index >= 15 is 0 Å². The average Bonchev–Trinajstić information content (AvgIpc) is 2.49. The van der Waals surface area contributed by atoms with Gasteiger partial charge in [0.1, 0.15) is 6.54 Å². The predicted molar refractivity (Wildman–Crippen MR) is 74.8 cm³/mol. The fraction of sp³-hybridized carbons (Fsp3) is 0.429. The van der Waals surface area contributed by atoms with Crippen molar-refractivity contribution in [1.29, 1.82) is 0 Å². The van der Waals surface area contributed by atoms with Crippen molar-refractivity contribution in [2.75, 3.05) is 31.3 Å². The predicted octanol–water partition coefficient (Wildman–Crippen LogP) is 1.03. The second kappa shape index (κ2) is 5.30. The first-order valence-corrected chi connectivity index (χ1v) is 6.38. The number of benzene rings is 1. The lowest BCUT2D eigenvalue weighted by Crippen LogP contribution is -2.40. The Balaban J connectivity index is 2.35. The third kappa shape index (κ3) is 2.86. The molecule has 2 amide bonds. The van der Waals surface area contributed by atoms with Gasteiger partial charge in [-0.3, -0.25) is 9.59 Å². The molecule has 0 aliphatic carbocycles. The van der Waals surface area contributed by atoms with Crippen molar-refractivity contribution in [3.63, 3.8) is 0 Å². The van der Waals surface area contributed by atoms with E-state index in [1.165, 1.54) is 4.90 Å². The molecule has 0 aromatic heterocycles. The zero-order valence-corrected chi connectivity index (χ0v) is 11.3. The van der Waals surface area contributed by atoms with Crippen LogP contribution in [-0.2, 0) is 16.0 Å². The summed E-state index contributed by atoms with van der Waals surface area (Å²) < 4.78 is 0. The highest BCUT2D eigenvalue weighted by Gasteiger charge is 2.24. The van der Waals surface area contributed by atoms with Gasteiger partial charge >= 0.3 is 0 Å². The zero-order valence-electron chi connectivity index (χ0n) is 11.3. The summed E-state index contributed by atoms with van der Waals surface area (Å²) in [7, 11) is 3.38. The van der Waals surface area contributed by atoms with Crippen LogP contribution in [0.4, 0.5) is 11.4 Å². The van der Waals surface area contributed by atoms with Crippen LogP contribution in [0.3, 0.4) is 0 Å². The molecule has 2 rings (SSSR count). The van der Waals surface area contributed by atoms with Crippen LogP contribution < -0.4 is 10.6 Å². The number of hydrogen-bond acceptors (Lipinski definition) is 3. The Kier molecular flexibility index (Phi) is 3.74. The Morgan fingerprint density at radius 1 is 1.37 bits per heavy atom. The van der Waals surface area contributed by atoms with Crippen molar-refractivity contribution in [2.24, 2.45) is 0 Å². The molecule has 0 fully saturated rings. The fourth-order valence-electron chi connectivity index (χ4n) is 2.22. The van der Waals surface area contributed by atoms with Crippen molar-refractivity contribution < 1.29 is 9.59 Å². The van der Waals surface area contributed by atoms with E-state index < -0.39 is 0 Å². The van der Waals surface area contributed by atoms with Crippen LogP contribution in [0.15, 0.2) is 18.2 Å². The molecule has 0 bridgehead atoms. The van der Waals surface area contributed by atoms with Gasteiger partial charge < -0.3 is 15.5 Å². The molecule has 5 nitrogen and oxygen atoms in total. The first kappa shape index (κ1) is 13.4. The molecule has 0 saturated heterocycles. The SMILES string of the molecule is CN(C)C(=O)CN1C(=O)CCCc2cc(N)ccc21. The standard InChI is InChI=1S/C14H19N3O2/c1-16(2)14(19)9-17-12-7-6-11(15)8-10(12)4-3-5-13(17)18/h6-8H,3-5,9,15H2,1-2H3. The number of anilines is 2. The van der Waals surface area contributed by atoms with Crippen LogP contribution >= 0.6 is 0 Å². The molecule has 0 radical (unpaired) electrons. The van der Waals surface area contributed by atoms with Crippen LogP contribution in [0.2, 0.25) is 0 Å². The summed E-state index contributed by atoms with van der Waals surface area (Å²) in [5.41, 5.74) is 8.32. The first-order chi connectivity index (χ1) is 8.99. The number of nitrogens with two attached hydrogens (primary N) is 1. The van der Waals surface area contributed by atoms with Crippen LogP contribution in [0.5, 0.6) is 0 Å². The van der Waals surface area contributed by atoms with E-state index in [0.717, 1.165) is 24.1 Å². The summed E-state index contributed by atoms with van der Waals surface area (Å²) >= 11 is 0. The Morgan fingerprint density at radius 2 is 2.11 bits per heavy atom. The van der Waals surface area contributed by atoms with Gasteiger partial charge in [0.05, 0.1) is 0 Å². The van der Waals surface area contributed by atoms with E-state index in [1.54, 1.807) is 25.1 Å². The number of aryl methyl sites for hydroxylation is 1. The number of hydrogen-bond donors (Lipinski definition) is 1. The maximum Gasteiger partial charge on any atom is 0.242 e. The largest absolute Gasteiger partial charge is 0.399 e. The number of carbonyl (C=O) groups excluding carboxylic acids is 2. The number of amides is 2. The van der Waals surface area contributed by atoms with Gasteiger partial charge in [0.2, 0.25) is 11.8 Å². The van der Waals surface area contributed by atoms with Crippen molar-refractivity contribution >= 4 is 23.2 Å². The fourth-order valence-corrected chi connectivity index (χ4v) is 2.22. The first-order valence-electron chi connectivity index (χ1n) is 6.38. The molecule has 0 spiro atoms. The van der Waals surface area contributed by atoms with Gasteiger partial charge in [-0.25, -0.2) is 0 Å². The lowest BCUT2D eigenvalue weighted by Gasteiger charge is -2.24. The summed E-state index contributed by atoms with van der Waals surface area (Å²) in [6.07, 6.45) is 2.08. The highest BCUT2D eigenvalue weighted by atomic mass is 16.2. The van der Waals surface area contributed by atoms with Crippen molar-refractivity contribution in [3.8, 4) is 0 Å². The van der Waals surface area contributed by atoms with Gasteiger partial charge in [0.15, 0.2) is 0 Å². The Labute approximate surface area is 113 Å². The van der Waals surface area contributed by atoms with Gasteiger partial charge in [-0.15, -0.1) is 0 Å². The van der Waals surface area contributed by atoms with Crippen LogP contribution in [0, 0.1) is 0 Å². The number of fused-ring (bicyclic) bond motifs is 1. The molecule has 2 N–H and O–H groups in total. The topological polar surface area (TPSA) is 66.6 Å². The summed E-state index contributed by atoms with van der Waals surface area (Å²) in [6.45, 7) is 0.0861. The Morgan fingerprint density at radius 3 is 2.79 bits per heavy atom. The summed E-state index contributed by atoms with van der Waals surface area (Å²) in [6, 6.07) is 5.49. The number of carbonyl (C=O) groups is 2. The third-order valence-corrected chi connectivity index (χ3v) is 3.32. The summed E-state index contributed by atoms with van der Waals surface area (Å²) in [4.78, 5) is 27.1. The summed E-state index contributed by atoms with van der Waals surface area (Å²) in [5, 5.41) is 0. The molecule has 0 atom stereocenters. The van der Waals surface area contributed by atoms with E-state index in [1.807, 2.05) is 12.1 Å². The average molecular weight is 261 g/mol. The minimum atomic E-state index is -0.0852. The van der Waals surface area contributed by atoms with Gasteiger partial charge in [0.25, 0.3) is 0 Å². The number of nitrogen functional groups attached to an aromatic ring is 1. The minimum absolute atomic E-state index is 0.00118. The van der Waals surface area contributed by atoms with Crippen LogP contribution in [0.1, 0.15) is 18.4 Å². The van der Waals surface area contributed by atoms with Gasteiger partial charge in [0, 0.05) is 31.9 Å². The Bertz CT molecular complexity index is 511. The molecule has 1 aliphatic heterocycles. The minimum Gasteiger partial charge on any atom is -0.399 e. The zero-order chi connectivity index (χ0) is 14.0. The normalized spacial score (nSPS) is 14.8. The molecule has 0 unspecified atom stereocenters. The second-order valence-corrected chi connectivity index (χ2v) is 5.01. The highest BCUT2D eigenvalue weighted by Crippen LogP contribution is 2.28. The smallest absolute Gasteiger partial charge is 0.242 e. The molecule has 102 valence electrons. The maximum atomic E-state index is 12.1. The van der Waals surface area contributed by atoms with Crippen LogP contribution in [-0.4, -0.2) is 37.4 Å². The van der Waals surface area contributed by atoms with Gasteiger partial charge in [-0.05, 0) is 36.6 Å². The molecule has 1 aromatic carbocycles. The number of likely N-dealkylation sites (N-methyl/N-ethyl adjacent to an activating group) is 1. The van der Waals surface area contributed by atoms with E-state index in [-0.39, 0.29) is 18.4 Å². The second-order valence-electron chi connectivity index (χ2n) is 5.01. The molecule has 5 heteroatoms. The maximum absolute atomic E-state index is 12.1. The van der Waals surface area contributed by atoms with Crippen LogP contribution in [0.25, 0.3) is 0 Å². The Hall–Kier alpha value is -2.04. The molecule has 0 saturated carbocycles. The van der Waals surface area contributed by atoms with Crippen molar-refractivity contribution in [2.45, 2.75) is 19.3 Å². The quantitative estimate of drug-likeness (QED) is 0.808. The van der Waals surface area contributed by atoms with Crippen molar-refractivity contribution in [1.82, 2.24) is 4.90 Å².